The molecule has 0 bridgehead atoms. The Bertz CT molecular complexity index is 2160. The van der Waals surface area contributed by atoms with E-state index in [1.165, 1.54) is 58.6 Å². The van der Waals surface area contributed by atoms with E-state index < -0.39 is 23.1 Å². The maximum Gasteiger partial charge on any atom is 2.00 e. The predicted molar refractivity (Wildman–Crippen MR) is 247 cm³/mol. The largest absolute Gasteiger partial charge is 2.00 e. The molecular formula is C50H52Mo2N4O10. The SMILES string of the molecule is CC(C)(Oc1cccc(OC(C)(C)C(=O)[O-])c1)C(=O)[O-].COc1ccc(N=C[N-]c2ccc(OC)cc2)cc1.COc1ccc(N=C[N-]c2ccc(OC)cc2)cc1.[Mo+2].[Mo+2].c1ccccc1. The van der Waals surface area contributed by atoms with Crippen molar-refractivity contribution in [2.45, 2.75) is 38.9 Å². The van der Waals surface area contributed by atoms with E-state index in [4.69, 9.17) is 28.4 Å². The van der Waals surface area contributed by atoms with Gasteiger partial charge in [0.05, 0.1) is 40.4 Å². The number of nitrogens with zero attached hydrogens (tertiary/aromatic N) is 4. The monoisotopic (exact) mass is 1060 g/mol. The summed E-state index contributed by atoms with van der Waals surface area (Å²) in [5.74, 6) is 0.976. The molecule has 0 spiro atoms. The molecule has 0 radical (unpaired) electrons. The number of carbonyl (C=O) groups excluding carboxylic acids is 2. The van der Waals surface area contributed by atoms with Crippen LogP contribution in [0.1, 0.15) is 27.7 Å². The van der Waals surface area contributed by atoms with Crippen molar-refractivity contribution in [1.82, 2.24) is 0 Å². The van der Waals surface area contributed by atoms with Crippen molar-refractivity contribution in [1.29, 1.82) is 0 Å². The van der Waals surface area contributed by atoms with Gasteiger partial charge in [0.2, 0.25) is 0 Å². The van der Waals surface area contributed by atoms with Crippen molar-refractivity contribution in [3.63, 3.8) is 0 Å². The van der Waals surface area contributed by atoms with Crippen molar-refractivity contribution in [3.8, 4) is 34.5 Å². The number of carboxylic acid groups (broad SMARTS) is 2. The summed E-state index contributed by atoms with van der Waals surface area (Å²) >= 11 is 0. The maximum atomic E-state index is 10.9. The number of carbonyl (C=O) groups is 2. The van der Waals surface area contributed by atoms with Gasteiger partial charge < -0.3 is 68.8 Å². The number of aliphatic imine (C=N–C) groups is 2. The van der Waals surface area contributed by atoms with E-state index in [-0.39, 0.29) is 53.6 Å². The van der Waals surface area contributed by atoms with Crippen LogP contribution in [0.2, 0.25) is 0 Å². The molecule has 0 fully saturated rings. The van der Waals surface area contributed by atoms with Gasteiger partial charge in [-0.15, -0.1) is 0 Å². The van der Waals surface area contributed by atoms with E-state index in [9.17, 15) is 19.8 Å². The topological polar surface area (TPSA) is 189 Å². The Balaban J connectivity index is 0.000000457. The Hall–Kier alpha value is -6.62. The summed E-state index contributed by atoms with van der Waals surface area (Å²) in [5.41, 5.74) is 0.303. The molecule has 0 aromatic heterocycles. The number of benzene rings is 6. The van der Waals surface area contributed by atoms with Crippen LogP contribution in [0, 0.1) is 0 Å². The number of hydrogen-bond donors (Lipinski definition) is 0. The van der Waals surface area contributed by atoms with E-state index in [2.05, 4.69) is 20.6 Å². The standard InChI is InChI=1S/2C15H15N2O2.C14H18O6.C6H6.2Mo/c2*1-18-14-7-3-12(4-8-14)16-11-17-13-5-9-15(19-2)10-6-13;1-13(2,11(15)16)19-9-6-5-7-10(8-9)20-14(3,4)12(17)18;1-2-4-6-5-3-1;;/h2*3-11H,1-2H3;5-8H,1-4H3,(H,15,16)(H,17,18);1-6H;;/q2*-1;;;2*+2/p-2. The van der Waals surface area contributed by atoms with Crippen LogP contribution in [0.15, 0.2) is 168 Å². The van der Waals surface area contributed by atoms with Gasteiger partial charge in [0.1, 0.15) is 45.7 Å². The van der Waals surface area contributed by atoms with Gasteiger partial charge in [-0.3, -0.25) is 0 Å². The number of methoxy groups -OCH3 is 4. The molecule has 0 saturated carbocycles. The second-order valence-electron chi connectivity index (χ2n) is 14.0. The number of aliphatic carboxylic acids is 2. The normalized spacial score (nSPS) is 10.3. The molecule has 0 aliphatic heterocycles. The van der Waals surface area contributed by atoms with Gasteiger partial charge in [-0.25, -0.2) is 0 Å². The van der Waals surface area contributed by atoms with Crippen molar-refractivity contribution in [2.75, 3.05) is 28.4 Å². The molecule has 0 N–H and O–H groups in total. The van der Waals surface area contributed by atoms with Crippen LogP contribution in [-0.2, 0) is 51.7 Å². The molecule has 0 heterocycles. The van der Waals surface area contributed by atoms with E-state index in [1.54, 1.807) is 34.5 Å². The molecule has 6 aromatic rings. The van der Waals surface area contributed by atoms with Gasteiger partial charge in [-0.05, 0) is 111 Å². The minimum atomic E-state index is -1.51. The second kappa shape index (κ2) is 30.5. The third-order valence-electron chi connectivity index (χ3n) is 8.32. The first-order valence-corrected chi connectivity index (χ1v) is 19.6. The van der Waals surface area contributed by atoms with Crippen LogP contribution in [0.4, 0.5) is 22.7 Å². The molecule has 0 aliphatic carbocycles. The zero-order valence-electron chi connectivity index (χ0n) is 37.9. The van der Waals surface area contributed by atoms with Crippen LogP contribution < -0.4 is 38.6 Å². The summed E-state index contributed by atoms with van der Waals surface area (Å²) < 4.78 is 30.9. The molecule has 66 heavy (non-hydrogen) atoms. The third kappa shape index (κ3) is 21.8. The zero-order chi connectivity index (χ0) is 46.8. The number of carboxylic acids is 2. The Morgan fingerprint density at radius 2 is 0.712 bits per heavy atom. The number of hydrogen-bond acceptors (Lipinski definition) is 12. The number of ether oxygens (including phenoxy) is 6. The predicted octanol–water partition coefficient (Wildman–Crippen LogP) is 9.32. The summed E-state index contributed by atoms with van der Waals surface area (Å²) in [7, 11) is 6.54. The van der Waals surface area contributed by atoms with E-state index in [0.29, 0.717) is 0 Å². The molecule has 0 unspecified atom stereocenters. The molecule has 0 saturated heterocycles. The molecule has 6 aromatic carbocycles. The van der Waals surface area contributed by atoms with Gasteiger partial charge in [0.15, 0.2) is 0 Å². The fourth-order valence-electron chi connectivity index (χ4n) is 4.66. The average Bonchev–Trinajstić information content (AvgIpc) is 3.31. The van der Waals surface area contributed by atoms with E-state index >= 15 is 0 Å². The first-order chi connectivity index (χ1) is 30.7. The molecule has 0 aliphatic rings. The van der Waals surface area contributed by atoms with E-state index in [1.807, 2.05) is 133 Å². The maximum absolute atomic E-state index is 10.9. The zero-order valence-corrected chi connectivity index (χ0v) is 41.9. The Morgan fingerprint density at radius 3 is 0.970 bits per heavy atom. The molecule has 6 rings (SSSR count). The molecular weight excluding hydrogens is 1010 g/mol. The molecule has 344 valence electrons. The molecule has 14 nitrogen and oxygen atoms in total. The first kappa shape index (κ1) is 57.4. The van der Waals surface area contributed by atoms with Gasteiger partial charge in [0, 0.05) is 6.07 Å². The Labute approximate surface area is 415 Å². The first-order valence-electron chi connectivity index (χ1n) is 19.6. The fourth-order valence-corrected chi connectivity index (χ4v) is 4.66. The van der Waals surface area contributed by atoms with E-state index in [0.717, 1.165) is 45.7 Å². The Kier molecular flexibility index (Phi) is 26.5. The van der Waals surface area contributed by atoms with Crippen molar-refractivity contribution < 1.29 is 90.4 Å². The van der Waals surface area contributed by atoms with Gasteiger partial charge in [-0.2, -0.15) is 0 Å². The smallest absolute Gasteiger partial charge is 0.546 e. The van der Waals surface area contributed by atoms with Crippen LogP contribution in [0.25, 0.3) is 10.6 Å². The minimum absolute atomic E-state index is 0. The minimum Gasteiger partial charge on any atom is -0.546 e. The van der Waals surface area contributed by atoms with Crippen LogP contribution in [0.5, 0.6) is 34.5 Å². The second-order valence-corrected chi connectivity index (χ2v) is 14.0. The summed E-state index contributed by atoms with van der Waals surface area (Å²) in [6, 6.07) is 47.9. The van der Waals surface area contributed by atoms with Crippen molar-refractivity contribution in [2.24, 2.45) is 9.98 Å². The molecule has 16 heteroatoms. The van der Waals surface area contributed by atoms with Gasteiger partial charge in [0.25, 0.3) is 0 Å². The summed E-state index contributed by atoms with van der Waals surface area (Å²) in [6.45, 7) is 5.39. The fraction of sp³-hybridized carbons (Fsp3) is 0.200. The summed E-state index contributed by atoms with van der Waals surface area (Å²) in [4.78, 5) is 30.2. The van der Waals surface area contributed by atoms with Crippen molar-refractivity contribution >= 4 is 47.4 Å². The van der Waals surface area contributed by atoms with Crippen LogP contribution in [0.3, 0.4) is 0 Å². The average molecular weight is 1060 g/mol. The number of rotatable bonds is 16. The third-order valence-corrected chi connectivity index (χ3v) is 8.32. The van der Waals surface area contributed by atoms with Gasteiger partial charge in [-0.1, -0.05) is 104 Å². The summed E-state index contributed by atoms with van der Waals surface area (Å²) in [6.07, 6.45) is 3.06. The van der Waals surface area contributed by atoms with Crippen LogP contribution in [-0.4, -0.2) is 64.3 Å². The van der Waals surface area contributed by atoms with Crippen molar-refractivity contribution in [3.05, 3.63) is 168 Å². The quantitative estimate of drug-likeness (QED) is 0.0513. The molecule has 0 atom stereocenters. The summed E-state index contributed by atoms with van der Waals surface area (Å²) in [5, 5.41) is 30.2. The Morgan fingerprint density at radius 1 is 0.439 bits per heavy atom. The van der Waals surface area contributed by atoms with Crippen LogP contribution >= 0.6 is 0 Å². The molecule has 0 amide bonds. The van der Waals surface area contributed by atoms with Gasteiger partial charge >= 0.3 is 42.1 Å².